The lowest BCUT2D eigenvalue weighted by Gasteiger charge is -2.31. The average Bonchev–Trinajstić information content (AvgIpc) is 2.94. The third-order valence-corrected chi connectivity index (χ3v) is 7.72. The smallest absolute Gasteiger partial charge is 0.192 e. The van der Waals surface area contributed by atoms with Crippen molar-refractivity contribution in [2.75, 3.05) is 6.54 Å². The van der Waals surface area contributed by atoms with E-state index >= 15 is 0 Å². The van der Waals surface area contributed by atoms with Crippen molar-refractivity contribution in [3.8, 4) is 0 Å². The highest BCUT2D eigenvalue weighted by molar-refractivity contribution is 7.94. The summed E-state index contributed by atoms with van der Waals surface area (Å²) in [6, 6.07) is 3.59. The van der Waals surface area contributed by atoms with Gasteiger partial charge in [-0.25, -0.2) is 8.42 Å². The van der Waals surface area contributed by atoms with Gasteiger partial charge < -0.3 is 5.32 Å². The first-order valence-electron chi connectivity index (χ1n) is 6.90. The fraction of sp³-hybridized carbons (Fsp3) is 0.714. The SMILES string of the molecule is CCCNC1C(S(=O)(=O)c2cccs2)CCC1(C)C. The van der Waals surface area contributed by atoms with Crippen molar-refractivity contribution in [3.05, 3.63) is 17.5 Å². The maximum absolute atomic E-state index is 12.7. The molecule has 0 aliphatic heterocycles. The Morgan fingerprint density at radius 3 is 2.79 bits per heavy atom. The molecule has 1 aliphatic rings. The molecule has 3 nitrogen and oxygen atoms in total. The van der Waals surface area contributed by atoms with Crippen LogP contribution in [0.2, 0.25) is 0 Å². The van der Waals surface area contributed by atoms with Crippen molar-refractivity contribution in [2.24, 2.45) is 5.41 Å². The number of rotatable bonds is 5. The standard InChI is InChI=1S/C14H23NO2S2/c1-4-9-15-13-11(7-8-14(13,2)3)19(16,17)12-6-5-10-18-12/h5-6,10-11,13,15H,4,7-9H2,1-3H3. The summed E-state index contributed by atoms with van der Waals surface area (Å²) in [4.78, 5) is 0. The van der Waals surface area contributed by atoms with E-state index in [1.54, 1.807) is 6.07 Å². The van der Waals surface area contributed by atoms with Crippen LogP contribution in [0.15, 0.2) is 21.7 Å². The number of sulfone groups is 1. The lowest BCUT2D eigenvalue weighted by molar-refractivity contribution is 0.285. The first-order chi connectivity index (χ1) is 8.89. The summed E-state index contributed by atoms with van der Waals surface area (Å²) >= 11 is 1.33. The zero-order chi connectivity index (χ0) is 14.1. The highest BCUT2D eigenvalue weighted by Crippen LogP contribution is 2.42. The summed E-state index contributed by atoms with van der Waals surface area (Å²) in [5.74, 6) is 0. The molecule has 2 atom stereocenters. The molecule has 1 aliphatic carbocycles. The van der Waals surface area contributed by atoms with Gasteiger partial charge in [0.25, 0.3) is 0 Å². The van der Waals surface area contributed by atoms with Gasteiger partial charge in [0.2, 0.25) is 0 Å². The van der Waals surface area contributed by atoms with Crippen LogP contribution in [0.1, 0.15) is 40.0 Å². The molecule has 2 unspecified atom stereocenters. The van der Waals surface area contributed by atoms with Gasteiger partial charge in [-0.1, -0.05) is 26.8 Å². The Morgan fingerprint density at radius 2 is 2.21 bits per heavy atom. The molecule has 1 heterocycles. The van der Waals surface area contributed by atoms with E-state index in [0.717, 1.165) is 25.8 Å². The predicted octanol–water partition coefficient (Wildman–Crippen LogP) is 3.08. The van der Waals surface area contributed by atoms with Crippen molar-refractivity contribution in [3.63, 3.8) is 0 Å². The van der Waals surface area contributed by atoms with E-state index in [1.807, 2.05) is 11.4 Å². The molecule has 0 amide bonds. The van der Waals surface area contributed by atoms with Crippen LogP contribution in [-0.2, 0) is 9.84 Å². The highest BCUT2D eigenvalue weighted by Gasteiger charge is 2.48. The van der Waals surface area contributed by atoms with Gasteiger partial charge in [-0.15, -0.1) is 11.3 Å². The molecular formula is C14H23NO2S2. The summed E-state index contributed by atoms with van der Waals surface area (Å²) in [5, 5.41) is 5.02. The Kier molecular flexibility index (Phi) is 4.38. The minimum absolute atomic E-state index is 0.0458. The topological polar surface area (TPSA) is 46.2 Å². The summed E-state index contributed by atoms with van der Waals surface area (Å²) in [6.45, 7) is 7.33. The summed E-state index contributed by atoms with van der Waals surface area (Å²) in [6.07, 6.45) is 2.75. The van der Waals surface area contributed by atoms with Crippen LogP contribution in [0.5, 0.6) is 0 Å². The summed E-state index contributed by atoms with van der Waals surface area (Å²) in [5.41, 5.74) is 0.0458. The monoisotopic (exact) mass is 301 g/mol. The minimum Gasteiger partial charge on any atom is -0.312 e. The van der Waals surface area contributed by atoms with Gasteiger partial charge in [-0.3, -0.25) is 0 Å². The molecular weight excluding hydrogens is 278 g/mol. The van der Waals surface area contributed by atoms with Crippen molar-refractivity contribution >= 4 is 21.2 Å². The quantitative estimate of drug-likeness (QED) is 0.909. The van der Waals surface area contributed by atoms with E-state index in [4.69, 9.17) is 0 Å². The lowest BCUT2D eigenvalue weighted by atomic mass is 9.87. The molecule has 0 saturated heterocycles. The van der Waals surface area contributed by atoms with Crippen molar-refractivity contribution in [2.45, 2.75) is 55.5 Å². The first-order valence-corrected chi connectivity index (χ1v) is 9.33. The van der Waals surface area contributed by atoms with Crippen LogP contribution in [0.4, 0.5) is 0 Å². The minimum atomic E-state index is -3.19. The molecule has 5 heteroatoms. The zero-order valence-electron chi connectivity index (χ0n) is 11.8. The number of nitrogens with one attached hydrogen (secondary N) is 1. The second-order valence-electron chi connectivity index (χ2n) is 5.97. The second-order valence-corrected chi connectivity index (χ2v) is 9.32. The van der Waals surface area contributed by atoms with Gasteiger partial charge in [0.05, 0.1) is 5.25 Å². The van der Waals surface area contributed by atoms with Gasteiger partial charge in [-0.2, -0.15) is 0 Å². The second kappa shape index (κ2) is 5.54. The Hall–Kier alpha value is -0.390. The molecule has 19 heavy (non-hydrogen) atoms. The Morgan fingerprint density at radius 1 is 1.47 bits per heavy atom. The maximum atomic E-state index is 12.7. The van der Waals surface area contributed by atoms with Crippen molar-refractivity contribution in [1.29, 1.82) is 0 Å². The fourth-order valence-corrected chi connectivity index (χ4v) is 6.30. The van der Waals surface area contributed by atoms with Crippen LogP contribution in [0.25, 0.3) is 0 Å². The molecule has 0 radical (unpaired) electrons. The first kappa shape index (κ1) is 15.0. The molecule has 1 aromatic rings. The molecule has 1 fully saturated rings. The van der Waals surface area contributed by atoms with Gasteiger partial charge in [0, 0.05) is 6.04 Å². The van der Waals surface area contributed by atoms with Gasteiger partial charge in [0.15, 0.2) is 9.84 Å². The van der Waals surface area contributed by atoms with E-state index in [2.05, 4.69) is 26.1 Å². The molecule has 1 N–H and O–H groups in total. The third kappa shape index (κ3) is 2.88. The van der Waals surface area contributed by atoms with E-state index in [1.165, 1.54) is 11.3 Å². The fourth-order valence-electron chi connectivity index (χ4n) is 2.96. The van der Waals surface area contributed by atoms with Gasteiger partial charge >= 0.3 is 0 Å². The summed E-state index contributed by atoms with van der Waals surface area (Å²) < 4.78 is 26.0. The molecule has 0 bridgehead atoms. The Bertz CT molecular complexity index is 506. The normalized spacial score (nSPS) is 26.7. The molecule has 108 valence electrons. The van der Waals surface area contributed by atoms with E-state index in [9.17, 15) is 8.42 Å². The van der Waals surface area contributed by atoms with E-state index < -0.39 is 9.84 Å². The van der Waals surface area contributed by atoms with Crippen molar-refractivity contribution in [1.82, 2.24) is 5.32 Å². The molecule has 1 saturated carbocycles. The van der Waals surface area contributed by atoms with Crippen LogP contribution in [0.3, 0.4) is 0 Å². The number of hydrogen-bond acceptors (Lipinski definition) is 4. The lowest BCUT2D eigenvalue weighted by Crippen LogP contribution is -2.47. The predicted molar refractivity (Wildman–Crippen MR) is 80.4 cm³/mol. The maximum Gasteiger partial charge on any atom is 0.192 e. The molecule has 0 aromatic carbocycles. The zero-order valence-corrected chi connectivity index (χ0v) is 13.5. The van der Waals surface area contributed by atoms with Crippen molar-refractivity contribution < 1.29 is 8.42 Å². The third-order valence-electron chi connectivity index (χ3n) is 4.08. The van der Waals surface area contributed by atoms with E-state index in [-0.39, 0.29) is 16.7 Å². The van der Waals surface area contributed by atoms with Crippen LogP contribution >= 0.6 is 11.3 Å². The largest absolute Gasteiger partial charge is 0.312 e. The highest BCUT2D eigenvalue weighted by atomic mass is 32.2. The van der Waals surface area contributed by atoms with Crippen LogP contribution < -0.4 is 5.32 Å². The van der Waals surface area contributed by atoms with Crippen LogP contribution in [0, 0.1) is 5.41 Å². The number of hydrogen-bond donors (Lipinski definition) is 1. The van der Waals surface area contributed by atoms with Gasteiger partial charge in [0.1, 0.15) is 4.21 Å². The van der Waals surface area contributed by atoms with Gasteiger partial charge in [-0.05, 0) is 42.7 Å². The molecule has 0 spiro atoms. The molecule has 1 aromatic heterocycles. The summed E-state index contributed by atoms with van der Waals surface area (Å²) in [7, 11) is -3.19. The number of thiophene rings is 1. The Balaban J connectivity index is 2.28. The van der Waals surface area contributed by atoms with Crippen LogP contribution in [-0.4, -0.2) is 26.3 Å². The average molecular weight is 301 g/mol. The van der Waals surface area contributed by atoms with E-state index in [0.29, 0.717) is 4.21 Å². The molecule has 2 rings (SSSR count). The Labute approximate surface area is 120 Å².